The Labute approximate surface area is 206 Å². The summed E-state index contributed by atoms with van der Waals surface area (Å²) in [6, 6.07) is 16.3. The van der Waals surface area contributed by atoms with Crippen molar-refractivity contribution in [2.75, 3.05) is 37.6 Å². The van der Waals surface area contributed by atoms with E-state index in [0.717, 1.165) is 50.5 Å². The van der Waals surface area contributed by atoms with E-state index >= 15 is 0 Å². The minimum atomic E-state index is -0.0801. The van der Waals surface area contributed by atoms with Crippen molar-refractivity contribution in [3.63, 3.8) is 0 Å². The number of hydrogen-bond acceptors (Lipinski definition) is 6. The second kappa shape index (κ2) is 10.9. The molecular weight excluding hydrogens is 442 g/mol. The Morgan fingerprint density at radius 3 is 2.47 bits per heavy atom. The second-order valence-electron chi connectivity index (χ2n) is 9.95. The van der Waals surface area contributed by atoms with Crippen LogP contribution in [0, 0.1) is 18.8 Å². The van der Waals surface area contributed by atoms with Gasteiger partial charge >= 0.3 is 5.97 Å². The first-order chi connectivity index (χ1) is 16.7. The predicted molar refractivity (Wildman–Crippen MR) is 140 cm³/mol. The number of carbonyl (C=O) groups is 1. The number of piperazine rings is 1. The SMILES string of the molecule is Cc1ccccc1OC(=O)CC1CCC(CCN2CCN(c3nsc4ccccc34)CC2)CC1. The maximum absolute atomic E-state index is 12.4. The van der Waals surface area contributed by atoms with Gasteiger partial charge in [-0.2, -0.15) is 4.37 Å². The van der Waals surface area contributed by atoms with Gasteiger partial charge < -0.3 is 9.64 Å². The minimum Gasteiger partial charge on any atom is -0.426 e. The molecular formula is C28H35N3O2S. The fraction of sp³-hybridized carbons (Fsp3) is 0.500. The van der Waals surface area contributed by atoms with Gasteiger partial charge in [0.05, 0.1) is 4.70 Å². The van der Waals surface area contributed by atoms with E-state index in [0.29, 0.717) is 18.1 Å². The highest BCUT2D eigenvalue weighted by molar-refractivity contribution is 7.13. The number of rotatable bonds is 7. The van der Waals surface area contributed by atoms with Gasteiger partial charge in [0.1, 0.15) is 11.6 Å². The molecule has 0 bridgehead atoms. The fourth-order valence-corrected chi connectivity index (χ4v) is 6.24. The van der Waals surface area contributed by atoms with Crippen molar-refractivity contribution < 1.29 is 9.53 Å². The molecule has 0 N–H and O–H groups in total. The number of fused-ring (bicyclic) bond motifs is 1. The van der Waals surface area contributed by atoms with Gasteiger partial charge in [-0.05, 0) is 79.9 Å². The summed E-state index contributed by atoms with van der Waals surface area (Å²) in [5, 5.41) is 1.29. The molecule has 2 heterocycles. The van der Waals surface area contributed by atoms with E-state index in [-0.39, 0.29) is 5.97 Å². The summed E-state index contributed by atoms with van der Waals surface area (Å²) in [5.74, 6) is 3.06. The average Bonchev–Trinajstić information content (AvgIpc) is 3.30. The van der Waals surface area contributed by atoms with Crippen molar-refractivity contribution in [3.05, 3.63) is 54.1 Å². The number of esters is 1. The standard InChI is InChI=1S/C28H35N3O2S/c1-21-6-2-4-8-25(21)33-27(32)20-23-12-10-22(11-13-23)14-15-30-16-18-31(19-17-30)28-24-7-3-5-9-26(24)34-29-28/h2-9,22-23H,10-20H2,1H3. The lowest BCUT2D eigenvalue weighted by atomic mass is 9.79. The summed E-state index contributed by atoms with van der Waals surface area (Å²) in [6.07, 6.45) is 6.62. The third-order valence-electron chi connectivity index (χ3n) is 7.62. The molecule has 2 fully saturated rings. The van der Waals surface area contributed by atoms with Crippen molar-refractivity contribution in [2.24, 2.45) is 11.8 Å². The zero-order chi connectivity index (χ0) is 23.3. The Kier molecular flexibility index (Phi) is 7.45. The van der Waals surface area contributed by atoms with Crippen LogP contribution in [0.3, 0.4) is 0 Å². The van der Waals surface area contributed by atoms with E-state index in [9.17, 15) is 4.79 Å². The highest BCUT2D eigenvalue weighted by Gasteiger charge is 2.26. The number of anilines is 1. The zero-order valence-electron chi connectivity index (χ0n) is 20.1. The Bertz CT molecular complexity index is 1100. The Balaban J connectivity index is 1.01. The molecule has 180 valence electrons. The van der Waals surface area contributed by atoms with Gasteiger partial charge in [-0.1, -0.05) is 43.2 Å². The minimum absolute atomic E-state index is 0.0801. The van der Waals surface area contributed by atoms with Gasteiger partial charge in [0.2, 0.25) is 0 Å². The van der Waals surface area contributed by atoms with E-state index in [1.54, 1.807) is 11.5 Å². The quantitative estimate of drug-likeness (QED) is 0.312. The van der Waals surface area contributed by atoms with Gasteiger partial charge in [0.25, 0.3) is 0 Å². The number of nitrogens with zero attached hydrogens (tertiary/aromatic N) is 3. The van der Waals surface area contributed by atoms with Gasteiger partial charge in [-0.25, -0.2) is 0 Å². The lowest BCUT2D eigenvalue weighted by Gasteiger charge is -2.36. The summed E-state index contributed by atoms with van der Waals surface area (Å²) in [4.78, 5) is 17.5. The molecule has 1 aliphatic carbocycles. The molecule has 0 spiro atoms. The molecule has 2 aliphatic rings. The molecule has 5 nitrogen and oxygen atoms in total. The summed E-state index contributed by atoms with van der Waals surface area (Å²) >= 11 is 1.61. The molecule has 34 heavy (non-hydrogen) atoms. The van der Waals surface area contributed by atoms with Crippen LogP contribution in [0.25, 0.3) is 10.1 Å². The number of carbonyl (C=O) groups excluding carboxylic acids is 1. The van der Waals surface area contributed by atoms with Crippen molar-refractivity contribution in [1.82, 2.24) is 9.27 Å². The number of para-hydroxylation sites is 1. The summed E-state index contributed by atoms with van der Waals surface area (Å²) < 4.78 is 11.6. The highest BCUT2D eigenvalue weighted by atomic mass is 32.1. The van der Waals surface area contributed by atoms with Crippen LogP contribution in [0.5, 0.6) is 5.75 Å². The first-order valence-electron chi connectivity index (χ1n) is 12.7. The van der Waals surface area contributed by atoms with Gasteiger partial charge in [-0.15, -0.1) is 0 Å². The number of ether oxygens (including phenoxy) is 1. The van der Waals surface area contributed by atoms with Crippen molar-refractivity contribution >= 4 is 33.4 Å². The van der Waals surface area contributed by atoms with Crippen LogP contribution in [-0.2, 0) is 4.79 Å². The molecule has 0 unspecified atom stereocenters. The van der Waals surface area contributed by atoms with Crippen LogP contribution < -0.4 is 9.64 Å². The van der Waals surface area contributed by atoms with E-state index in [2.05, 4.69) is 34.1 Å². The lowest BCUT2D eigenvalue weighted by molar-refractivity contribution is -0.135. The molecule has 1 saturated carbocycles. The van der Waals surface area contributed by atoms with Crippen molar-refractivity contribution in [2.45, 2.75) is 45.4 Å². The zero-order valence-corrected chi connectivity index (χ0v) is 20.9. The number of aromatic nitrogens is 1. The van der Waals surface area contributed by atoms with Crippen molar-refractivity contribution in [1.29, 1.82) is 0 Å². The van der Waals surface area contributed by atoms with Gasteiger partial charge in [-0.3, -0.25) is 9.69 Å². The normalized spacial score (nSPS) is 21.6. The van der Waals surface area contributed by atoms with E-state index in [1.807, 2.05) is 31.2 Å². The van der Waals surface area contributed by atoms with Crippen molar-refractivity contribution in [3.8, 4) is 5.75 Å². The molecule has 0 radical (unpaired) electrons. The van der Waals surface area contributed by atoms with Crippen LogP contribution in [-0.4, -0.2) is 48.0 Å². The topological polar surface area (TPSA) is 45.7 Å². The highest BCUT2D eigenvalue weighted by Crippen LogP contribution is 2.34. The summed E-state index contributed by atoms with van der Waals surface area (Å²) in [5.41, 5.74) is 1.01. The molecule has 0 amide bonds. The number of benzene rings is 2. The molecule has 3 aromatic rings. The van der Waals surface area contributed by atoms with Gasteiger partial charge in [0.15, 0.2) is 0 Å². The van der Waals surface area contributed by atoms with Gasteiger partial charge in [0, 0.05) is 38.0 Å². The third-order valence-corrected chi connectivity index (χ3v) is 8.44. The number of hydrogen-bond donors (Lipinski definition) is 0. The second-order valence-corrected chi connectivity index (χ2v) is 10.8. The van der Waals surface area contributed by atoms with E-state index < -0.39 is 0 Å². The molecule has 2 aromatic carbocycles. The first kappa shape index (κ1) is 23.3. The van der Waals surface area contributed by atoms with Crippen LogP contribution in [0.2, 0.25) is 0 Å². The average molecular weight is 478 g/mol. The van der Waals surface area contributed by atoms with Crippen LogP contribution in [0.1, 0.15) is 44.1 Å². The Morgan fingerprint density at radius 2 is 1.68 bits per heavy atom. The maximum atomic E-state index is 12.4. The van der Waals surface area contributed by atoms with E-state index in [4.69, 9.17) is 9.11 Å². The van der Waals surface area contributed by atoms with E-state index in [1.165, 1.54) is 41.7 Å². The van der Waals surface area contributed by atoms with Crippen LogP contribution in [0.15, 0.2) is 48.5 Å². The molecule has 0 atom stereocenters. The molecule has 1 aliphatic heterocycles. The maximum Gasteiger partial charge on any atom is 0.311 e. The smallest absolute Gasteiger partial charge is 0.311 e. The van der Waals surface area contributed by atoms with Crippen LogP contribution >= 0.6 is 11.5 Å². The molecule has 1 aromatic heterocycles. The predicted octanol–water partition coefficient (Wildman–Crippen LogP) is 5.92. The Hall–Kier alpha value is -2.44. The molecule has 1 saturated heterocycles. The largest absolute Gasteiger partial charge is 0.426 e. The fourth-order valence-electron chi connectivity index (χ4n) is 5.44. The summed E-state index contributed by atoms with van der Waals surface area (Å²) in [6.45, 7) is 7.52. The monoisotopic (exact) mass is 477 g/mol. The lowest BCUT2D eigenvalue weighted by Crippen LogP contribution is -2.47. The third kappa shape index (κ3) is 5.61. The first-order valence-corrected chi connectivity index (χ1v) is 13.5. The number of aryl methyl sites for hydroxylation is 1. The Morgan fingerprint density at radius 1 is 0.971 bits per heavy atom. The molecule has 6 heteroatoms. The summed E-state index contributed by atoms with van der Waals surface area (Å²) in [7, 11) is 0. The van der Waals surface area contributed by atoms with Crippen LogP contribution in [0.4, 0.5) is 5.82 Å². The molecule has 5 rings (SSSR count).